The molecule has 2 saturated heterocycles. The molecule has 40 heavy (non-hydrogen) atoms. The summed E-state index contributed by atoms with van der Waals surface area (Å²) in [6.07, 6.45) is 3.76. The number of aliphatic carboxylic acids is 1. The van der Waals surface area contributed by atoms with Gasteiger partial charge in [0, 0.05) is 55.8 Å². The van der Waals surface area contributed by atoms with Crippen molar-refractivity contribution in [2.75, 3.05) is 32.7 Å². The van der Waals surface area contributed by atoms with Crippen molar-refractivity contribution in [3.63, 3.8) is 0 Å². The van der Waals surface area contributed by atoms with Crippen molar-refractivity contribution in [2.45, 2.75) is 76.9 Å². The zero-order valence-electron chi connectivity index (χ0n) is 23.9. The summed E-state index contributed by atoms with van der Waals surface area (Å²) < 4.78 is 14.9. The lowest BCUT2D eigenvalue weighted by molar-refractivity contribution is -0.147. The molecule has 2 fully saturated rings. The molecule has 1 aromatic heterocycles. The molecule has 5 rings (SSSR count). The van der Waals surface area contributed by atoms with Crippen LogP contribution < -0.4 is 0 Å². The molecule has 1 N–H and O–H groups in total. The van der Waals surface area contributed by atoms with Gasteiger partial charge in [0.15, 0.2) is 0 Å². The number of nitrogens with zero attached hydrogens (tertiary/aromatic N) is 4. The minimum atomic E-state index is -0.838. The predicted octanol–water partition coefficient (Wildman–Crippen LogP) is 4.41. The summed E-state index contributed by atoms with van der Waals surface area (Å²) in [7, 11) is 0. The highest BCUT2D eigenvalue weighted by molar-refractivity contribution is 6.29. The summed E-state index contributed by atoms with van der Waals surface area (Å²) in [4.78, 5) is 36.3. The molecule has 0 radical (unpaired) electrons. The Morgan fingerprint density at radius 3 is 2.52 bits per heavy atom. The van der Waals surface area contributed by atoms with Crippen LogP contribution in [0.3, 0.4) is 0 Å². The lowest BCUT2D eigenvalue weighted by atomic mass is 9.88. The number of carboxylic acid groups (broad SMARTS) is 1. The first-order chi connectivity index (χ1) is 18.9. The third kappa shape index (κ3) is 5.90. The minimum absolute atomic E-state index is 0.0104. The van der Waals surface area contributed by atoms with Gasteiger partial charge in [0.05, 0.1) is 5.92 Å². The molecule has 2 unspecified atom stereocenters. The van der Waals surface area contributed by atoms with Crippen molar-refractivity contribution < 1.29 is 19.1 Å². The number of hydrogen-bond acceptors (Lipinski definition) is 5. The first-order valence-corrected chi connectivity index (χ1v) is 14.7. The fraction of sp³-hybridized carbons (Fsp3) is 0.581. The van der Waals surface area contributed by atoms with E-state index in [-0.39, 0.29) is 28.6 Å². The van der Waals surface area contributed by atoms with E-state index in [9.17, 15) is 19.1 Å². The van der Waals surface area contributed by atoms with Gasteiger partial charge < -0.3 is 10.0 Å². The van der Waals surface area contributed by atoms with Crippen LogP contribution in [-0.4, -0.2) is 87.0 Å². The second-order valence-corrected chi connectivity index (χ2v) is 13.1. The number of halogens is 2. The molecule has 7 nitrogen and oxygen atoms in total. The van der Waals surface area contributed by atoms with Crippen LogP contribution in [0.15, 0.2) is 30.3 Å². The zero-order chi connectivity index (χ0) is 28.8. The van der Waals surface area contributed by atoms with Crippen molar-refractivity contribution in [3.8, 4) is 0 Å². The highest BCUT2D eigenvalue weighted by Crippen LogP contribution is 2.39. The third-order valence-corrected chi connectivity index (χ3v) is 9.30. The fourth-order valence-electron chi connectivity index (χ4n) is 6.77. The molecular weight excluding hydrogens is 531 g/mol. The number of carbonyl (C=O) groups is 2. The van der Waals surface area contributed by atoms with Gasteiger partial charge in [-0.15, -0.1) is 0 Å². The van der Waals surface area contributed by atoms with Crippen LogP contribution in [0.5, 0.6) is 0 Å². The molecule has 1 aromatic carbocycles. The summed E-state index contributed by atoms with van der Waals surface area (Å²) in [5, 5.41) is 10.2. The minimum Gasteiger partial charge on any atom is -0.480 e. The number of hydrogen-bond donors (Lipinski definition) is 1. The standard InChI is InChI=1S/C31H40ClFN4O3/c1-19-16-35(26(30(39)40)15-20-8-9-21-6-5-7-22(21)14-20)12-13-37(19)29(38)25-18-36(31(2,3)4)17-24(25)23-10-11-27(32)34-28(23)33/h8-11,14,19,24-26H,5-7,12-13,15-18H2,1-4H3,(H,39,40)/t19-,24?,25?,26-/m0/s1. The molecule has 0 spiro atoms. The van der Waals surface area contributed by atoms with E-state index in [1.807, 2.05) is 16.7 Å². The van der Waals surface area contributed by atoms with Crippen LogP contribution in [0.25, 0.3) is 0 Å². The average Bonchev–Trinajstić information content (AvgIpc) is 3.54. The Labute approximate surface area is 241 Å². The fourth-order valence-corrected chi connectivity index (χ4v) is 6.91. The van der Waals surface area contributed by atoms with Gasteiger partial charge in [0.25, 0.3) is 0 Å². The second-order valence-electron chi connectivity index (χ2n) is 12.7. The first kappa shape index (κ1) is 29.0. The van der Waals surface area contributed by atoms with Gasteiger partial charge in [-0.25, -0.2) is 4.98 Å². The monoisotopic (exact) mass is 570 g/mol. The number of carboxylic acids is 1. The number of fused-ring (bicyclic) bond motifs is 1. The summed E-state index contributed by atoms with van der Waals surface area (Å²) in [5.41, 5.74) is 4.00. The van der Waals surface area contributed by atoms with Crippen LogP contribution in [-0.2, 0) is 28.9 Å². The van der Waals surface area contributed by atoms with Crippen molar-refractivity contribution in [3.05, 3.63) is 63.7 Å². The smallest absolute Gasteiger partial charge is 0.321 e. The highest BCUT2D eigenvalue weighted by atomic mass is 35.5. The Hall–Kier alpha value is -2.55. The van der Waals surface area contributed by atoms with Gasteiger partial charge in [0.1, 0.15) is 11.2 Å². The van der Waals surface area contributed by atoms with Gasteiger partial charge in [-0.3, -0.25) is 19.4 Å². The average molecular weight is 571 g/mol. The number of aryl methyl sites for hydroxylation is 2. The van der Waals surface area contributed by atoms with Crippen LogP contribution in [0, 0.1) is 11.9 Å². The molecule has 1 aliphatic carbocycles. The van der Waals surface area contributed by atoms with E-state index < -0.39 is 23.9 Å². The highest BCUT2D eigenvalue weighted by Gasteiger charge is 2.46. The molecule has 2 aliphatic heterocycles. The largest absolute Gasteiger partial charge is 0.480 e. The summed E-state index contributed by atoms with van der Waals surface area (Å²) in [6.45, 7) is 10.8. The Morgan fingerprint density at radius 1 is 1.10 bits per heavy atom. The van der Waals surface area contributed by atoms with E-state index >= 15 is 0 Å². The molecule has 3 aliphatic rings. The molecule has 3 heterocycles. The first-order valence-electron chi connectivity index (χ1n) is 14.4. The van der Waals surface area contributed by atoms with Gasteiger partial charge in [-0.05, 0) is 76.1 Å². The Balaban J connectivity index is 1.31. The van der Waals surface area contributed by atoms with Crippen molar-refractivity contribution >= 4 is 23.5 Å². The Morgan fingerprint density at radius 2 is 1.85 bits per heavy atom. The van der Waals surface area contributed by atoms with E-state index in [2.05, 4.69) is 48.9 Å². The number of piperazine rings is 1. The van der Waals surface area contributed by atoms with Crippen LogP contribution >= 0.6 is 11.6 Å². The summed E-state index contributed by atoms with van der Waals surface area (Å²) >= 11 is 5.92. The maximum atomic E-state index is 14.9. The second kappa shape index (κ2) is 11.4. The lowest BCUT2D eigenvalue weighted by Gasteiger charge is -2.43. The van der Waals surface area contributed by atoms with Gasteiger partial charge >= 0.3 is 5.97 Å². The summed E-state index contributed by atoms with van der Waals surface area (Å²) in [6, 6.07) is 8.80. The Bertz CT molecular complexity index is 1280. The third-order valence-electron chi connectivity index (χ3n) is 9.09. The molecular formula is C31H40ClFN4O3. The van der Waals surface area contributed by atoms with E-state index in [0.29, 0.717) is 44.7 Å². The number of carbonyl (C=O) groups excluding carboxylic acids is 1. The number of rotatable bonds is 6. The quantitative estimate of drug-likeness (QED) is 0.519. The van der Waals surface area contributed by atoms with Gasteiger partial charge in [0.2, 0.25) is 11.9 Å². The maximum Gasteiger partial charge on any atom is 0.321 e. The number of benzene rings is 1. The van der Waals surface area contributed by atoms with Crippen LogP contribution in [0.4, 0.5) is 4.39 Å². The number of amides is 1. The maximum absolute atomic E-state index is 14.9. The molecule has 0 saturated carbocycles. The van der Waals surface area contributed by atoms with E-state index in [1.165, 1.54) is 11.1 Å². The van der Waals surface area contributed by atoms with E-state index in [1.54, 1.807) is 12.1 Å². The molecule has 2 aromatic rings. The topological polar surface area (TPSA) is 77.0 Å². The molecule has 216 valence electrons. The SMILES string of the molecule is C[C@H]1CN([C@@H](Cc2ccc3c(c2)CCC3)C(=O)O)CCN1C(=O)C1CN(C(C)(C)C)CC1c1ccc(Cl)nc1F. The molecule has 0 bridgehead atoms. The molecule has 1 amide bonds. The summed E-state index contributed by atoms with van der Waals surface area (Å²) in [5.74, 6) is -2.24. The zero-order valence-corrected chi connectivity index (χ0v) is 24.6. The number of pyridine rings is 1. The predicted molar refractivity (Wildman–Crippen MR) is 153 cm³/mol. The number of likely N-dealkylation sites (tertiary alicyclic amines) is 1. The van der Waals surface area contributed by atoms with Gasteiger partial charge in [-0.2, -0.15) is 4.39 Å². The van der Waals surface area contributed by atoms with Crippen molar-refractivity contribution in [1.29, 1.82) is 0 Å². The Kier molecular flexibility index (Phi) is 8.24. The van der Waals surface area contributed by atoms with E-state index in [4.69, 9.17) is 11.6 Å². The molecule has 4 atom stereocenters. The van der Waals surface area contributed by atoms with Gasteiger partial charge in [-0.1, -0.05) is 35.9 Å². The normalized spacial score (nSPS) is 24.8. The lowest BCUT2D eigenvalue weighted by Crippen LogP contribution is -2.59. The van der Waals surface area contributed by atoms with E-state index in [0.717, 1.165) is 24.8 Å². The van der Waals surface area contributed by atoms with Crippen LogP contribution in [0.2, 0.25) is 5.15 Å². The van der Waals surface area contributed by atoms with Crippen molar-refractivity contribution in [2.24, 2.45) is 5.92 Å². The molecule has 9 heteroatoms. The van der Waals surface area contributed by atoms with Crippen LogP contribution in [0.1, 0.15) is 62.3 Å². The number of aromatic nitrogens is 1. The van der Waals surface area contributed by atoms with Crippen molar-refractivity contribution in [1.82, 2.24) is 19.7 Å².